The van der Waals surface area contributed by atoms with E-state index < -0.39 is 0 Å². The molecular formula is C17H19N3O3. The fourth-order valence-corrected chi connectivity index (χ4v) is 3.35. The van der Waals surface area contributed by atoms with Crippen molar-refractivity contribution < 1.29 is 14.3 Å². The fourth-order valence-electron chi connectivity index (χ4n) is 3.35. The van der Waals surface area contributed by atoms with Crippen molar-refractivity contribution in [2.24, 2.45) is 0 Å². The van der Waals surface area contributed by atoms with Gasteiger partial charge in [0.25, 0.3) is 5.91 Å². The summed E-state index contributed by atoms with van der Waals surface area (Å²) in [6.45, 7) is 5.71. The molecule has 0 radical (unpaired) electrons. The van der Waals surface area contributed by atoms with Crippen LogP contribution in [-0.2, 0) is 0 Å². The number of benzene rings is 1. The Morgan fingerprint density at radius 1 is 1.22 bits per heavy atom. The molecule has 0 N–H and O–H groups in total. The molecule has 0 bridgehead atoms. The third kappa shape index (κ3) is 2.44. The number of ether oxygens (including phenoxy) is 2. The maximum atomic E-state index is 12.7. The number of aromatic nitrogens is 2. The number of carbonyl (C=O) groups is 1. The average Bonchev–Trinajstić information content (AvgIpc) is 3.24. The minimum atomic E-state index is 0.0346. The summed E-state index contributed by atoms with van der Waals surface area (Å²) in [4.78, 5) is 14.6. The highest BCUT2D eigenvalue weighted by Crippen LogP contribution is 2.33. The van der Waals surface area contributed by atoms with Gasteiger partial charge in [-0.2, -0.15) is 5.10 Å². The molecule has 2 aliphatic heterocycles. The zero-order valence-corrected chi connectivity index (χ0v) is 13.3. The first-order valence-corrected chi connectivity index (χ1v) is 7.83. The van der Waals surface area contributed by atoms with Crippen LogP contribution in [0.5, 0.6) is 11.5 Å². The number of amides is 1. The molecule has 0 aliphatic carbocycles. The van der Waals surface area contributed by atoms with Crippen LogP contribution in [0.15, 0.2) is 24.3 Å². The van der Waals surface area contributed by atoms with Gasteiger partial charge in [-0.1, -0.05) is 0 Å². The van der Waals surface area contributed by atoms with Gasteiger partial charge >= 0.3 is 0 Å². The van der Waals surface area contributed by atoms with Crippen molar-refractivity contribution in [3.8, 4) is 11.5 Å². The van der Waals surface area contributed by atoms with Crippen LogP contribution in [0, 0.1) is 13.8 Å². The second-order valence-corrected chi connectivity index (χ2v) is 6.13. The molecule has 120 valence electrons. The molecular weight excluding hydrogens is 294 g/mol. The molecule has 1 atom stereocenters. The number of rotatable bonds is 2. The van der Waals surface area contributed by atoms with Crippen LogP contribution in [0.3, 0.4) is 0 Å². The minimum Gasteiger partial charge on any atom is -0.454 e. The maximum Gasteiger partial charge on any atom is 0.254 e. The highest BCUT2D eigenvalue weighted by atomic mass is 16.7. The molecule has 1 amide bonds. The molecule has 1 unspecified atom stereocenters. The summed E-state index contributed by atoms with van der Waals surface area (Å²) in [6, 6.07) is 7.68. The van der Waals surface area contributed by atoms with Crippen LogP contribution < -0.4 is 9.47 Å². The van der Waals surface area contributed by atoms with Gasteiger partial charge in [0.15, 0.2) is 11.5 Å². The lowest BCUT2D eigenvalue weighted by Gasteiger charge is -2.17. The Hall–Kier alpha value is -2.50. The number of aryl methyl sites for hydroxylation is 2. The number of nitrogens with zero attached hydrogens (tertiary/aromatic N) is 3. The molecule has 0 spiro atoms. The largest absolute Gasteiger partial charge is 0.454 e. The summed E-state index contributed by atoms with van der Waals surface area (Å²) in [5.41, 5.74) is 2.80. The van der Waals surface area contributed by atoms with Crippen molar-refractivity contribution in [1.82, 2.24) is 14.7 Å². The van der Waals surface area contributed by atoms with E-state index in [0.29, 0.717) is 23.6 Å². The van der Waals surface area contributed by atoms with Gasteiger partial charge in [0.2, 0.25) is 6.79 Å². The van der Waals surface area contributed by atoms with Crippen molar-refractivity contribution in [1.29, 1.82) is 0 Å². The standard InChI is InChI=1S/C17H19N3O3/c1-11-7-12(2)20(18-11)14-5-6-19(9-14)17(21)13-3-4-15-16(8-13)23-10-22-15/h3-4,7-8,14H,5-6,9-10H2,1-2H3. The summed E-state index contributed by atoms with van der Waals surface area (Å²) in [5, 5.41) is 4.55. The normalized spacial score (nSPS) is 19.4. The smallest absolute Gasteiger partial charge is 0.254 e. The average molecular weight is 313 g/mol. The van der Waals surface area contributed by atoms with Crippen molar-refractivity contribution >= 4 is 5.91 Å². The number of carbonyl (C=O) groups excluding carboxylic acids is 1. The van der Waals surface area contributed by atoms with Gasteiger partial charge in [0.05, 0.1) is 11.7 Å². The van der Waals surface area contributed by atoms with Crippen LogP contribution in [-0.4, -0.2) is 40.5 Å². The SMILES string of the molecule is Cc1cc(C)n(C2CCN(C(=O)c3ccc4c(c3)OCO4)C2)n1. The second kappa shape index (κ2) is 5.30. The van der Waals surface area contributed by atoms with Gasteiger partial charge in [0, 0.05) is 24.3 Å². The van der Waals surface area contributed by atoms with Crippen molar-refractivity contribution in [2.75, 3.05) is 19.9 Å². The molecule has 1 fully saturated rings. The molecule has 6 nitrogen and oxygen atoms in total. The molecule has 6 heteroatoms. The van der Waals surface area contributed by atoms with Gasteiger partial charge in [-0.25, -0.2) is 0 Å². The van der Waals surface area contributed by atoms with Crippen molar-refractivity contribution in [3.05, 3.63) is 41.2 Å². The predicted molar refractivity (Wildman–Crippen MR) is 83.8 cm³/mol. The van der Waals surface area contributed by atoms with Crippen LogP contribution in [0.1, 0.15) is 34.2 Å². The lowest BCUT2D eigenvalue weighted by Crippen LogP contribution is -2.29. The summed E-state index contributed by atoms with van der Waals surface area (Å²) < 4.78 is 12.7. The third-order valence-electron chi connectivity index (χ3n) is 4.46. The first-order valence-electron chi connectivity index (χ1n) is 7.83. The summed E-state index contributed by atoms with van der Waals surface area (Å²) in [7, 11) is 0. The first-order chi connectivity index (χ1) is 11.1. The Labute approximate surface area is 134 Å². The third-order valence-corrected chi connectivity index (χ3v) is 4.46. The van der Waals surface area contributed by atoms with Crippen LogP contribution in [0.4, 0.5) is 0 Å². The van der Waals surface area contributed by atoms with E-state index in [1.165, 1.54) is 0 Å². The predicted octanol–water partition coefficient (Wildman–Crippen LogP) is 2.32. The number of hydrogen-bond donors (Lipinski definition) is 0. The van der Waals surface area contributed by atoms with Crippen LogP contribution >= 0.6 is 0 Å². The van der Waals surface area contributed by atoms with Crippen molar-refractivity contribution in [2.45, 2.75) is 26.3 Å². The van der Waals surface area contributed by atoms with Gasteiger partial charge in [0.1, 0.15) is 0 Å². The number of likely N-dealkylation sites (tertiary alicyclic amines) is 1. The summed E-state index contributed by atoms with van der Waals surface area (Å²) in [5.74, 6) is 1.38. The molecule has 2 aromatic rings. The van der Waals surface area contributed by atoms with Crippen LogP contribution in [0.25, 0.3) is 0 Å². The highest BCUT2D eigenvalue weighted by Gasteiger charge is 2.30. The monoisotopic (exact) mass is 313 g/mol. The van der Waals surface area contributed by atoms with Crippen LogP contribution in [0.2, 0.25) is 0 Å². The lowest BCUT2D eigenvalue weighted by molar-refractivity contribution is 0.0786. The van der Waals surface area contributed by atoms with Crippen molar-refractivity contribution in [3.63, 3.8) is 0 Å². The van der Waals surface area contributed by atoms with E-state index >= 15 is 0 Å². The molecule has 1 saturated heterocycles. The molecule has 3 heterocycles. The van der Waals surface area contributed by atoms with E-state index in [2.05, 4.69) is 18.1 Å². The second-order valence-electron chi connectivity index (χ2n) is 6.13. The lowest BCUT2D eigenvalue weighted by atomic mass is 10.2. The fraction of sp³-hybridized carbons (Fsp3) is 0.412. The van der Waals surface area contributed by atoms with Gasteiger partial charge in [-0.15, -0.1) is 0 Å². The first kappa shape index (κ1) is 14.1. The zero-order chi connectivity index (χ0) is 16.0. The molecule has 4 rings (SSSR count). The van der Waals surface area contributed by atoms with E-state index in [-0.39, 0.29) is 18.7 Å². The zero-order valence-electron chi connectivity index (χ0n) is 13.3. The molecule has 1 aromatic carbocycles. The van der Waals surface area contributed by atoms with Gasteiger partial charge < -0.3 is 14.4 Å². The molecule has 0 saturated carbocycles. The quantitative estimate of drug-likeness (QED) is 0.854. The molecule has 2 aliphatic rings. The Morgan fingerprint density at radius 3 is 2.83 bits per heavy atom. The Kier molecular flexibility index (Phi) is 3.25. The van der Waals surface area contributed by atoms with Gasteiger partial charge in [-0.3, -0.25) is 9.48 Å². The maximum absolute atomic E-state index is 12.7. The van der Waals surface area contributed by atoms with E-state index in [4.69, 9.17) is 9.47 Å². The van der Waals surface area contributed by atoms with E-state index in [9.17, 15) is 4.79 Å². The summed E-state index contributed by atoms with van der Waals surface area (Å²) >= 11 is 0. The van der Waals surface area contributed by atoms with E-state index in [1.54, 1.807) is 18.2 Å². The minimum absolute atomic E-state index is 0.0346. The Balaban J connectivity index is 1.51. The molecule has 23 heavy (non-hydrogen) atoms. The van der Waals surface area contributed by atoms with E-state index in [0.717, 1.165) is 24.4 Å². The Morgan fingerprint density at radius 2 is 2.04 bits per heavy atom. The highest BCUT2D eigenvalue weighted by molar-refractivity contribution is 5.95. The Bertz CT molecular complexity index is 768. The van der Waals surface area contributed by atoms with E-state index in [1.807, 2.05) is 16.5 Å². The molecule has 1 aromatic heterocycles. The number of fused-ring (bicyclic) bond motifs is 1. The summed E-state index contributed by atoms with van der Waals surface area (Å²) in [6.07, 6.45) is 0.929. The number of hydrogen-bond acceptors (Lipinski definition) is 4. The topological polar surface area (TPSA) is 56.6 Å². The van der Waals surface area contributed by atoms with Gasteiger partial charge in [-0.05, 0) is 44.5 Å².